The fraction of sp³-hybridized carbons (Fsp3) is 0.167. The number of methoxy groups -OCH3 is 1. The first-order valence-electron chi connectivity index (χ1n) is 11.5. The number of ether oxygens (including phenoxy) is 4. The van der Waals surface area contributed by atoms with Gasteiger partial charge in [-0.05, 0) is 66.9 Å². The predicted octanol–water partition coefficient (Wildman–Crippen LogP) is 5.72. The zero-order valence-electron chi connectivity index (χ0n) is 21.0. The molecule has 0 fully saturated rings. The lowest BCUT2D eigenvalue weighted by atomic mass is 10.0. The van der Waals surface area contributed by atoms with Crippen LogP contribution in [0, 0.1) is 0 Å². The highest BCUT2D eigenvalue weighted by Crippen LogP contribution is 2.26. The molecule has 0 radical (unpaired) electrons. The Hall–Kier alpha value is -4.65. The second kappa shape index (κ2) is 12.4. The fourth-order valence-corrected chi connectivity index (χ4v) is 3.21. The van der Waals surface area contributed by atoms with Gasteiger partial charge in [0.1, 0.15) is 17.2 Å². The molecule has 0 bridgehead atoms. The maximum atomic E-state index is 12.5. The Kier molecular flexibility index (Phi) is 9.00. The van der Waals surface area contributed by atoms with Gasteiger partial charge in [-0.2, -0.15) is 0 Å². The van der Waals surface area contributed by atoms with E-state index in [0.29, 0.717) is 17.5 Å². The molecular weight excluding hydrogens is 472 g/mol. The molecular formula is C30H28O7. The number of carbonyl (C=O) groups is 3. The van der Waals surface area contributed by atoms with Gasteiger partial charge in [-0.1, -0.05) is 37.4 Å². The summed E-state index contributed by atoms with van der Waals surface area (Å²) in [6.07, 6.45) is 0.297. The maximum Gasteiger partial charge on any atom is 0.338 e. The quantitative estimate of drug-likeness (QED) is 0.200. The van der Waals surface area contributed by atoms with Crippen molar-refractivity contribution >= 4 is 17.9 Å². The largest absolute Gasteiger partial charge is 0.497 e. The third kappa shape index (κ3) is 7.67. The highest BCUT2D eigenvalue weighted by atomic mass is 16.5. The highest BCUT2D eigenvalue weighted by molar-refractivity contribution is 5.90. The number of carbonyl (C=O) groups excluding carboxylic acids is 3. The first kappa shape index (κ1) is 26.9. The molecule has 3 aromatic rings. The molecule has 0 N–H and O–H groups in total. The zero-order valence-corrected chi connectivity index (χ0v) is 21.0. The van der Waals surface area contributed by atoms with Gasteiger partial charge in [-0.15, -0.1) is 0 Å². The van der Waals surface area contributed by atoms with E-state index in [1.54, 1.807) is 31.4 Å². The van der Waals surface area contributed by atoms with Gasteiger partial charge >= 0.3 is 17.9 Å². The van der Waals surface area contributed by atoms with Crippen LogP contribution in [0.2, 0.25) is 0 Å². The molecule has 7 nitrogen and oxygen atoms in total. The van der Waals surface area contributed by atoms with E-state index in [1.165, 1.54) is 19.9 Å². The van der Waals surface area contributed by atoms with E-state index in [0.717, 1.165) is 16.9 Å². The van der Waals surface area contributed by atoms with Crippen LogP contribution >= 0.6 is 0 Å². The van der Waals surface area contributed by atoms with Gasteiger partial charge in [0.05, 0.1) is 19.3 Å². The van der Waals surface area contributed by atoms with Crippen LogP contribution < -0.4 is 14.2 Å². The van der Waals surface area contributed by atoms with Crippen molar-refractivity contribution in [2.24, 2.45) is 0 Å². The summed E-state index contributed by atoms with van der Waals surface area (Å²) < 4.78 is 21.2. The Morgan fingerprint density at radius 1 is 0.703 bits per heavy atom. The smallest absolute Gasteiger partial charge is 0.338 e. The SMILES string of the molecule is C=C(C)C(=O)Oc1cc(CCOC(=O)c2ccc(-c3ccc(OC)cc3)cc2)cc(OC(=O)C(=C)C)c1. The molecule has 0 amide bonds. The molecule has 0 atom stereocenters. The minimum Gasteiger partial charge on any atom is -0.497 e. The van der Waals surface area contributed by atoms with Crippen molar-refractivity contribution in [3.63, 3.8) is 0 Å². The van der Waals surface area contributed by atoms with Gasteiger partial charge in [0.15, 0.2) is 0 Å². The van der Waals surface area contributed by atoms with Crippen LogP contribution in [-0.4, -0.2) is 31.6 Å². The van der Waals surface area contributed by atoms with E-state index >= 15 is 0 Å². The van der Waals surface area contributed by atoms with E-state index in [-0.39, 0.29) is 29.3 Å². The van der Waals surface area contributed by atoms with Crippen molar-refractivity contribution in [2.45, 2.75) is 20.3 Å². The molecule has 0 aliphatic carbocycles. The number of esters is 3. The summed E-state index contributed by atoms with van der Waals surface area (Å²) in [5.74, 6) is -0.576. The summed E-state index contributed by atoms with van der Waals surface area (Å²) in [5, 5.41) is 0. The van der Waals surface area contributed by atoms with Crippen LogP contribution in [0.3, 0.4) is 0 Å². The van der Waals surface area contributed by atoms with Gasteiger partial charge in [0, 0.05) is 23.6 Å². The molecule has 0 saturated heterocycles. The standard InChI is InChI=1S/C30H28O7/c1-19(2)28(31)36-26-16-21(17-27(18-26)37-29(32)20(3)4)14-15-35-30(33)24-8-6-22(7-9-24)23-10-12-25(34-5)13-11-23/h6-13,16-18H,1,3,14-15H2,2,4-5H3. The van der Waals surface area contributed by atoms with Crippen molar-refractivity contribution in [3.05, 3.63) is 102 Å². The third-order valence-electron chi connectivity index (χ3n) is 5.23. The number of benzene rings is 3. The van der Waals surface area contributed by atoms with Crippen LogP contribution in [0.4, 0.5) is 0 Å². The van der Waals surface area contributed by atoms with Crippen LogP contribution in [0.1, 0.15) is 29.8 Å². The predicted molar refractivity (Wildman–Crippen MR) is 140 cm³/mol. The van der Waals surface area contributed by atoms with Gasteiger partial charge in [0.25, 0.3) is 0 Å². The Balaban J connectivity index is 1.65. The monoisotopic (exact) mass is 500 g/mol. The molecule has 7 heteroatoms. The number of rotatable bonds is 10. The van der Waals surface area contributed by atoms with Crippen molar-refractivity contribution in [3.8, 4) is 28.4 Å². The highest BCUT2D eigenvalue weighted by Gasteiger charge is 2.13. The molecule has 190 valence electrons. The van der Waals surface area contributed by atoms with E-state index in [1.807, 2.05) is 36.4 Å². The molecule has 0 aliphatic heterocycles. The van der Waals surface area contributed by atoms with E-state index < -0.39 is 17.9 Å². The van der Waals surface area contributed by atoms with Crippen molar-refractivity contribution in [1.82, 2.24) is 0 Å². The molecule has 3 aromatic carbocycles. The fourth-order valence-electron chi connectivity index (χ4n) is 3.21. The molecule has 0 aliphatic rings. The van der Waals surface area contributed by atoms with Crippen molar-refractivity contribution < 1.29 is 33.3 Å². The lowest BCUT2D eigenvalue weighted by Gasteiger charge is -2.11. The maximum absolute atomic E-state index is 12.5. The summed E-state index contributed by atoms with van der Waals surface area (Å²) in [7, 11) is 1.61. The van der Waals surface area contributed by atoms with Crippen LogP contribution in [0.25, 0.3) is 11.1 Å². The van der Waals surface area contributed by atoms with Crippen molar-refractivity contribution in [2.75, 3.05) is 13.7 Å². The normalized spacial score (nSPS) is 10.2. The van der Waals surface area contributed by atoms with E-state index in [9.17, 15) is 14.4 Å². The van der Waals surface area contributed by atoms with E-state index in [4.69, 9.17) is 18.9 Å². The molecule has 3 rings (SSSR count). The Labute approximate surface area is 215 Å². The lowest BCUT2D eigenvalue weighted by molar-refractivity contribution is -0.130. The van der Waals surface area contributed by atoms with Gasteiger partial charge < -0.3 is 18.9 Å². The van der Waals surface area contributed by atoms with Gasteiger partial charge in [0.2, 0.25) is 0 Å². The van der Waals surface area contributed by atoms with Crippen LogP contribution in [0.15, 0.2) is 91.0 Å². The zero-order chi connectivity index (χ0) is 26.9. The number of hydrogen-bond donors (Lipinski definition) is 0. The van der Waals surface area contributed by atoms with Crippen LogP contribution in [0.5, 0.6) is 17.2 Å². The molecule has 0 saturated carbocycles. The molecule has 0 unspecified atom stereocenters. The van der Waals surface area contributed by atoms with Crippen LogP contribution in [-0.2, 0) is 20.7 Å². The van der Waals surface area contributed by atoms with Crippen molar-refractivity contribution in [1.29, 1.82) is 0 Å². The first-order valence-corrected chi connectivity index (χ1v) is 11.5. The van der Waals surface area contributed by atoms with E-state index in [2.05, 4.69) is 13.2 Å². The average Bonchev–Trinajstić information content (AvgIpc) is 2.88. The first-order chi connectivity index (χ1) is 17.7. The summed E-state index contributed by atoms with van der Waals surface area (Å²) in [5.41, 5.74) is 3.44. The average molecular weight is 501 g/mol. The second-order valence-corrected chi connectivity index (χ2v) is 8.34. The number of hydrogen-bond acceptors (Lipinski definition) is 7. The summed E-state index contributed by atoms with van der Waals surface area (Å²) in [6.45, 7) is 10.2. The minimum atomic E-state index is -0.612. The molecule has 0 heterocycles. The Bertz CT molecular complexity index is 1270. The molecule has 37 heavy (non-hydrogen) atoms. The Morgan fingerprint density at radius 2 is 1.19 bits per heavy atom. The van der Waals surface area contributed by atoms with Gasteiger partial charge in [-0.25, -0.2) is 14.4 Å². The second-order valence-electron chi connectivity index (χ2n) is 8.34. The Morgan fingerprint density at radius 3 is 1.65 bits per heavy atom. The minimum absolute atomic E-state index is 0.0603. The molecule has 0 aromatic heterocycles. The third-order valence-corrected chi connectivity index (χ3v) is 5.23. The summed E-state index contributed by atoms with van der Waals surface area (Å²) in [4.78, 5) is 36.4. The lowest BCUT2D eigenvalue weighted by Crippen LogP contribution is -2.12. The summed E-state index contributed by atoms with van der Waals surface area (Å²) in [6, 6.07) is 19.4. The topological polar surface area (TPSA) is 88.1 Å². The van der Waals surface area contributed by atoms with Gasteiger partial charge in [-0.3, -0.25) is 0 Å². The molecule has 0 spiro atoms. The summed E-state index contributed by atoms with van der Waals surface area (Å²) >= 11 is 0.